The second-order valence-corrected chi connectivity index (χ2v) is 8.74. The van der Waals surface area contributed by atoms with Crippen LogP contribution in [-0.2, 0) is 9.59 Å². The number of nitrogens with one attached hydrogen (secondary N) is 2. The number of hydrogen-bond donors (Lipinski definition) is 2. The fourth-order valence-corrected chi connectivity index (χ4v) is 4.66. The number of nitrogens with zero attached hydrogens (tertiary/aromatic N) is 2. The maximum absolute atomic E-state index is 13.0. The van der Waals surface area contributed by atoms with Crippen molar-refractivity contribution < 1.29 is 9.59 Å². The van der Waals surface area contributed by atoms with Crippen molar-refractivity contribution in [2.24, 2.45) is 0 Å². The first-order chi connectivity index (χ1) is 12.7. The van der Waals surface area contributed by atoms with E-state index in [1.165, 1.54) is 23.1 Å². The number of hydrogen-bond acceptors (Lipinski definition) is 6. The summed E-state index contributed by atoms with van der Waals surface area (Å²) in [5.74, 6) is -0.418. The molecule has 0 fully saturated rings. The summed E-state index contributed by atoms with van der Waals surface area (Å²) in [7, 11) is 0. The molecule has 2 N–H and O–H groups in total. The van der Waals surface area contributed by atoms with Gasteiger partial charge < -0.3 is 10.6 Å². The van der Waals surface area contributed by atoms with E-state index in [1.54, 1.807) is 11.5 Å². The first-order valence-electron chi connectivity index (χ1n) is 8.89. The number of aromatic nitrogens is 2. The average Bonchev–Trinajstić information content (AvgIpc) is 2.87. The Kier molecular flexibility index (Phi) is 7.05. The molecular formula is C18H26N4O3S2. The second-order valence-electron chi connectivity index (χ2n) is 6.60. The van der Waals surface area contributed by atoms with Crippen LogP contribution in [-0.4, -0.2) is 39.7 Å². The maximum Gasteiger partial charge on any atom is 0.263 e. The molecule has 2 rings (SSSR count). The first-order valence-corrected chi connectivity index (χ1v) is 10.7. The minimum Gasteiger partial charge on any atom is -0.355 e. The van der Waals surface area contributed by atoms with Gasteiger partial charge >= 0.3 is 0 Å². The van der Waals surface area contributed by atoms with Crippen LogP contribution in [0, 0.1) is 13.8 Å². The molecule has 0 aliphatic heterocycles. The van der Waals surface area contributed by atoms with E-state index in [2.05, 4.69) is 15.6 Å². The molecule has 2 aromatic rings. The van der Waals surface area contributed by atoms with Crippen molar-refractivity contribution in [1.82, 2.24) is 20.2 Å². The summed E-state index contributed by atoms with van der Waals surface area (Å²) >= 11 is 2.70. The SMILES string of the molecule is CCNC(=O)[C@@H](C)NC(=O)CSc1nc2sc(C)c(C)c2c(=O)n1C(C)C. The Hall–Kier alpha value is -1.87. The molecule has 27 heavy (non-hydrogen) atoms. The van der Waals surface area contributed by atoms with Crippen LogP contribution in [0.25, 0.3) is 10.2 Å². The quantitative estimate of drug-likeness (QED) is 0.540. The van der Waals surface area contributed by atoms with E-state index in [4.69, 9.17) is 0 Å². The van der Waals surface area contributed by atoms with Gasteiger partial charge in [-0.05, 0) is 47.1 Å². The number of likely N-dealkylation sites (N-methyl/N-ethyl adjacent to an activating group) is 1. The summed E-state index contributed by atoms with van der Waals surface area (Å²) in [4.78, 5) is 43.3. The van der Waals surface area contributed by atoms with E-state index in [0.717, 1.165) is 10.4 Å². The molecule has 2 heterocycles. The van der Waals surface area contributed by atoms with Crippen LogP contribution in [0.2, 0.25) is 0 Å². The van der Waals surface area contributed by atoms with Crippen LogP contribution in [0.5, 0.6) is 0 Å². The van der Waals surface area contributed by atoms with Gasteiger partial charge in [0, 0.05) is 17.5 Å². The Morgan fingerprint density at radius 1 is 1.26 bits per heavy atom. The van der Waals surface area contributed by atoms with E-state index < -0.39 is 6.04 Å². The molecule has 7 nitrogen and oxygen atoms in total. The Morgan fingerprint density at radius 3 is 2.52 bits per heavy atom. The molecule has 0 radical (unpaired) electrons. The monoisotopic (exact) mass is 410 g/mol. The van der Waals surface area contributed by atoms with Crippen LogP contribution < -0.4 is 16.2 Å². The maximum atomic E-state index is 13.0. The number of thiophene rings is 1. The van der Waals surface area contributed by atoms with Gasteiger partial charge in [-0.25, -0.2) is 4.98 Å². The van der Waals surface area contributed by atoms with Crippen molar-refractivity contribution in [1.29, 1.82) is 0 Å². The Balaban J connectivity index is 2.23. The molecule has 0 unspecified atom stereocenters. The molecule has 0 spiro atoms. The number of carbonyl (C=O) groups is 2. The first kappa shape index (κ1) is 21.4. The van der Waals surface area contributed by atoms with Crippen LogP contribution in [0.15, 0.2) is 9.95 Å². The lowest BCUT2D eigenvalue weighted by Crippen LogP contribution is -2.45. The summed E-state index contributed by atoms with van der Waals surface area (Å²) in [6.07, 6.45) is 0. The van der Waals surface area contributed by atoms with Crippen molar-refractivity contribution in [2.45, 2.75) is 58.8 Å². The summed E-state index contributed by atoms with van der Waals surface area (Å²) in [6.45, 7) is 11.7. The topological polar surface area (TPSA) is 93.1 Å². The van der Waals surface area contributed by atoms with Crippen LogP contribution in [0.3, 0.4) is 0 Å². The second kappa shape index (κ2) is 8.88. The lowest BCUT2D eigenvalue weighted by Gasteiger charge is -2.16. The zero-order valence-corrected chi connectivity index (χ0v) is 18.1. The van der Waals surface area contributed by atoms with Gasteiger partial charge in [0.05, 0.1) is 11.1 Å². The number of amides is 2. The Bertz CT molecular complexity index is 917. The lowest BCUT2D eigenvalue weighted by molar-refractivity contribution is -0.127. The normalized spacial score (nSPS) is 12.4. The van der Waals surface area contributed by atoms with Crippen molar-refractivity contribution in [3.05, 3.63) is 20.8 Å². The van der Waals surface area contributed by atoms with Crippen molar-refractivity contribution in [3.63, 3.8) is 0 Å². The molecule has 0 aliphatic rings. The largest absolute Gasteiger partial charge is 0.355 e. The summed E-state index contributed by atoms with van der Waals surface area (Å²) in [6, 6.07) is -0.683. The zero-order valence-electron chi connectivity index (χ0n) is 16.5. The molecule has 1 atom stereocenters. The van der Waals surface area contributed by atoms with Gasteiger partial charge in [-0.1, -0.05) is 11.8 Å². The van der Waals surface area contributed by atoms with E-state index in [9.17, 15) is 14.4 Å². The zero-order chi connectivity index (χ0) is 20.3. The van der Waals surface area contributed by atoms with Crippen LogP contribution in [0.4, 0.5) is 0 Å². The van der Waals surface area contributed by atoms with Crippen LogP contribution in [0.1, 0.15) is 44.2 Å². The molecule has 0 saturated carbocycles. The average molecular weight is 411 g/mol. The van der Waals surface area contributed by atoms with Crippen molar-refractivity contribution >= 4 is 45.1 Å². The fourth-order valence-electron chi connectivity index (χ4n) is 2.65. The minimum absolute atomic E-state index is 0.0737. The minimum atomic E-state index is -0.608. The fraction of sp³-hybridized carbons (Fsp3) is 0.556. The third-order valence-electron chi connectivity index (χ3n) is 4.17. The van der Waals surface area contributed by atoms with E-state index in [-0.39, 0.29) is 29.2 Å². The van der Waals surface area contributed by atoms with Crippen molar-refractivity contribution in [3.8, 4) is 0 Å². The molecule has 9 heteroatoms. The summed E-state index contributed by atoms with van der Waals surface area (Å²) in [5.41, 5.74) is 0.891. The van der Waals surface area contributed by atoms with Crippen LogP contribution >= 0.6 is 23.1 Å². The smallest absolute Gasteiger partial charge is 0.263 e. The number of aryl methyl sites for hydroxylation is 2. The summed E-state index contributed by atoms with van der Waals surface area (Å²) in [5, 5.41) is 6.51. The van der Waals surface area contributed by atoms with E-state index in [1.807, 2.05) is 34.6 Å². The standard InChI is InChI=1S/C18H26N4O3S2/c1-7-19-15(24)11(5)20-13(23)8-26-18-21-16-14(10(4)12(6)27-16)17(25)22(18)9(2)3/h9,11H,7-8H2,1-6H3,(H,19,24)(H,20,23)/t11-/m1/s1. The third-order valence-corrected chi connectivity index (χ3v) is 6.23. The predicted molar refractivity (Wildman–Crippen MR) is 111 cm³/mol. The van der Waals surface area contributed by atoms with Crippen molar-refractivity contribution in [2.75, 3.05) is 12.3 Å². The molecule has 148 valence electrons. The highest BCUT2D eigenvalue weighted by Gasteiger charge is 2.20. The molecule has 2 aromatic heterocycles. The molecule has 0 bridgehead atoms. The molecule has 0 saturated heterocycles. The molecule has 2 amide bonds. The van der Waals surface area contributed by atoms with Gasteiger partial charge in [-0.3, -0.25) is 19.0 Å². The Labute approximate surface area is 166 Å². The van der Waals surface area contributed by atoms with Gasteiger partial charge in [-0.2, -0.15) is 0 Å². The van der Waals surface area contributed by atoms with Gasteiger partial charge in [0.2, 0.25) is 11.8 Å². The third kappa shape index (κ3) is 4.70. The molecule has 0 aromatic carbocycles. The number of carbonyl (C=O) groups excluding carboxylic acids is 2. The van der Waals surface area contributed by atoms with Gasteiger partial charge in [0.25, 0.3) is 5.56 Å². The van der Waals surface area contributed by atoms with Gasteiger partial charge in [-0.15, -0.1) is 11.3 Å². The molecular weight excluding hydrogens is 384 g/mol. The van der Waals surface area contributed by atoms with E-state index >= 15 is 0 Å². The molecule has 0 aliphatic carbocycles. The van der Waals surface area contributed by atoms with Gasteiger partial charge in [0.15, 0.2) is 5.16 Å². The number of fused-ring (bicyclic) bond motifs is 1. The number of rotatable bonds is 7. The van der Waals surface area contributed by atoms with Gasteiger partial charge in [0.1, 0.15) is 10.9 Å². The lowest BCUT2D eigenvalue weighted by atomic mass is 10.2. The predicted octanol–water partition coefficient (Wildman–Crippen LogP) is 2.39. The Morgan fingerprint density at radius 2 is 1.93 bits per heavy atom. The van der Waals surface area contributed by atoms with E-state index in [0.29, 0.717) is 21.9 Å². The number of thioether (sulfide) groups is 1. The highest BCUT2D eigenvalue weighted by atomic mass is 32.2. The highest BCUT2D eigenvalue weighted by Crippen LogP contribution is 2.29. The summed E-state index contributed by atoms with van der Waals surface area (Å²) < 4.78 is 1.63. The highest BCUT2D eigenvalue weighted by molar-refractivity contribution is 7.99.